The first-order valence-corrected chi connectivity index (χ1v) is 14.0. The Hall–Kier alpha value is -1.99. The highest BCUT2D eigenvalue weighted by atomic mass is 19.4. The molecule has 8 nitrogen and oxygen atoms in total. The highest BCUT2D eigenvalue weighted by Gasteiger charge is 2.54. The van der Waals surface area contributed by atoms with Gasteiger partial charge in [0.25, 0.3) is 0 Å². The van der Waals surface area contributed by atoms with E-state index in [9.17, 15) is 27.5 Å². The summed E-state index contributed by atoms with van der Waals surface area (Å²) in [4.78, 5) is 18.2. The summed E-state index contributed by atoms with van der Waals surface area (Å²) in [6.07, 6.45) is -2.99. The lowest BCUT2D eigenvalue weighted by molar-refractivity contribution is -0.222. The molecular weight excluding hydrogens is 536 g/mol. The van der Waals surface area contributed by atoms with Crippen LogP contribution in [-0.4, -0.2) is 73.0 Å². The number of fused-ring (bicyclic) bond motifs is 1. The molecule has 0 aromatic rings. The van der Waals surface area contributed by atoms with Gasteiger partial charge in [-0.2, -0.15) is 13.2 Å². The highest BCUT2D eigenvalue weighted by molar-refractivity contribution is 5.72. The van der Waals surface area contributed by atoms with E-state index in [1.165, 1.54) is 18.2 Å². The van der Waals surface area contributed by atoms with E-state index in [2.05, 4.69) is 5.32 Å². The summed E-state index contributed by atoms with van der Waals surface area (Å²) in [7, 11) is 1.47. The average Bonchev–Trinajstić information content (AvgIpc) is 3.19. The van der Waals surface area contributed by atoms with Gasteiger partial charge in [-0.1, -0.05) is 32.8 Å². The minimum atomic E-state index is -4.53. The van der Waals surface area contributed by atoms with Gasteiger partial charge in [0.2, 0.25) is 0 Å². The molecule has 7 unspecified atom stereocenters. The fourth-order valence-electron chi connectivity index (χ4n) is 6.13. The summed E-state index contributed by atoms with van der Waals surface area (Å²) in [5, 5.41) is 14.9. The Kier molecular flexibility index (Phi) is 9.66. The molecule has 4 rings (SSSR count). The Bertz CT molecular complexity index is 1030. The van der Waals surface area contributed by atoms with Gasteiger partial charge >= 0.3 is 12.1 Å². The Morgan fingerprint density at radius 2 is 1.95 bits per heavy atom. The van der Waals surface area contributed by atoms with Crippen LogP contribution < -0.4 is 5.32 Å². The molecule has 2 aliphatic carbocycles. The molecule has 2 aliphatic heterocycles. The van der Waals surface area contributed by atoms with Crippen LogP contribution >= 0.6 is 0 Å². The zero-order valence-corrected chi connectivity index (χ0v) is 23.4. The number of aliphatic hydroxyl groups excluding tert-OH is 1. The molecule has 2 fully saturated rings. The van der Waals surface area contributed by atoms with Crippen LogP contribution in [0.25, 0.3) is 0 Å². The van der Waals surface area contributed by atoms with Gasteiger partial charge in [-0.25, -0.2) is 9.71 Å². The largest absolute Gasteiger partial charge is 0.492 e. The monoisotopic (exact) mass is 576 g/mol. The summed E-state index contributed by atoms with van der Waals surface area (Å²) >= 11 is 0. The number of carbonyl (C=O) groups excluding carboxylic acids is 1. The third-order valence-corrected chi connectivity index (χ3v) is 8.10. The van der Waals surface area contributed by atoms with Crippen molar-refractivity contribution < 1.29 is 46.5 Å². The standard InChI is InChI=1S/C28H40F4N2O6/c1-5-7-16-13-19-20(28(30,31)32)15-23(35)39-25(19)18(8-6-2)24(16)38-12-11-34-26(36)33-27(3,40-34)17-9-10-22(37-4)21(29)14-17/h13-14,19-22,25-26,33,36H,5-12,15H2,1-4H3. The van der Waals surface area contributed by atoms with Crippen molar-refractivity contribution in [2.75, 3.05) is 20.3 Å². The van der Waals surface area contributed by atoms with Crippen molar-refractivity contribution in [2.45, 2.75) is 102 Å². The van der Waals surface area contributed by atoms with E-state index in [0.29, 0.717) is 61.0 Å². The van der Waals surface area contributed by atoms with Crippen LogP contribution in [0.3, 0.4) is 0 Å². The van der Waals surface area contributed by atoms with Crippen molar-refractivity contribution >= 4 is 5.97 Å². The third-order valence-electron chi connectivity index (χ3n) is 8.10. The maximum Gasteiger partial charge on any atom is 0.393 e. The number of nitrogens with one attached hydrogen (secondary N) is 1. The molecule has 2 N–H and O–H groups in total. The zero-order chi connectivity index (χ0) is 29.2. The first-order valence-electron chi connectivity index (χ1n) is 14.0. The lowest BCUT2D eigenvalue weighted by atomic mass is 9.73. The molecule has 0 aromatic carbocycles. The molecule has 4 aliphatic rings. The van der Waals surface area contributed by atoms with Crippen molar-refractivity contribution in [1.82, 2.24) is 10.4 Å². The molecule has 7 atom stereocenters. The predicted octanol–water partition coefficient (Wildman–Crippen LogP) is 4.81. The number of hydrogen-bond acceptors (Lipinski definition) is 8. The van der Waals surface area contributed by atoms with E-state index < -0.39 is 60.9 Å². The van der Waals surface area contributed by atoms with E-state index in [0.717, 1.165) is 0 Å². The number of hydroxylamine groups is 2. The number of hydrogen-bond donors (Lipinski definition) is 2. The number of alkyl halides is 4. The number of carbonyl (C=O) groups is 1. The van der Waals surface area contributed by atoms with Crippen molar-refractivity contribution in [3.63, 3.8) is 0 Å². The van der Waals surface area contributed by atoms with Gasteiger partial charge in [-0.3, -0.25) is 9.63 Å². The van der Waals surface area contributed by atoms with Gasteiger partial charge < -0.3 is 19.3 Å². The maximum atomic E-state index is 14.5. The quantitative estimate of drug-likeness (QED) is 0.218. The Balaban J connectivity index is 1.50. The lowest BCUT2D eigenvalue weighted by Crippen LogP contribution is -2.47. The normalized spacial score (nSPS) is 35.3. The van der Waals surface area contributed by atoms with E-state index in [4.69, 9.17) is 19.0 Å². The Morgan fingerprint density at radius 1 is 1.23 bits per heavy atom. The topological polar surface area (TPSA) is 89.5 Å². The Morgan fingerprint density at radius 3 is 2.58 bits per heavy atom. The van der Waals surface area contributed by atoms with Crippen LogP contribution in [0.15, 0.2) is 34.6 Å². The van der Waals surface area contributed by atoms with E-state index in [1.54, 1.807) is 13.0 Å². The van der Waals surface area contributed by atoms with E-state index in [-0.39, 0.29) is 13.2 Å². The molecule has 2 heterocycles. The number of esters is 1. The number of allylic oxidation sites excluding steroid dienone is 1. The fourth-order valence-corrected chi connectivity index (χ4v) is 6.13. The SMILES string of the molecule is CCCC1=CC2C(OC(=O)CC2C(F)(F)F)C(CCC)=C1OCCN1OC(C)(C2=CC(F)C(OC)CC2)NC1O. The van der Waals surface area contributed by atoms with Crippen molar-refractivity contribution in [1.29, 1.82) is 0 Å². The number of aliphatic hydroxyl groups is 1. The highest BCUT2D eigenvalue weighted by Crippen LogP contribution is 2.48. The predicted molar refractivity (Wildman–Crippen MR) is 137 cm³/mol. The summed E-state index contributed by atoms with van der Waals surface area (Å²) < 4.78 is 73.0. The van der Waals surface area contributed by atoms with Crippen molar-refractivity contribution in [2.24, 2.45) is 11.8 Å². The lowest BCUT2D eigenvalue weighted by Gasteiger charge is -2.41. The van der Waals surface area contributed by atoms with Crippen LogP contribution in [0.4, 0.5) is 17.6 Å². The molecule has 0 spiro atoms. The van der Waals surface area contributed by atoms with Crippen LogP contribution in [0.1, 0.15) is 65.7 Å². The Labute approximate surface area is 232 Å². The number of methoxy groups -OCH3 is 1. The minimum Gasteiger partial charge on any atom is -0.492 e. The van der Waals surface area contributed by atoms with E-state index in [1.807, 2.05) is 13.8 Å². The number of ether oxygens (including phenoxy) is 3. The minimum absolute atomic E-state index is 0.0446. The second-order valence-electron chi connectivity index (χ2n) is 11.0. The second kappa shape index (κ2) is 12.5. The van der Waals surface area contributed by atoms with Crippen LogP contribution in [0.2, 0.25) is 0 Å². The fraction of sp³-hybridized carbons (Fsp3) is 0.750. The van der Waals surface area contributed by atoms with Crippen LogP contribution in [0.5, 0.6) is 0 Å². The molecule has 12 heteroatoms. The molecule has 40 heavy (non-hydrogen) atoms. The molecule has 2 saturated heterocycles. The van der Waals surface area contributed by atoms with Gasteiger partial charge in [0, 0.05) is 18.6 Å². The van der Waals surface area contributed by atoms with Crippen LogP contribution in [-0.2, 0) is 23.8 Å². The van der Waals surface area contributed by atoms with Gasteiger partial charge in [-0.15, -0.1) is 5.06 Å². The van der Waals surface area contributed by atoms with Gasteiger partial charge in [0.05, 0.1) is 25.0 Å². The number of rotatable bonds is 10. The first kappa shape index (κ1) is 31.0. The van der Waals surface area contributed by atoms with Crippen molar-refractivity contribution in [3.05, 3.63) is 34.6 Å². The van der Waals surface area contributed by atoms with Gasteiger partial charge in [-0.05, 0) is 49.8 Å². The van der Waals surface area contributed by atoms with E-state index >= 15 is 0 Å². The van der Waals surface area contributed by atoms with Crippen LogP contribution in [0, 0.1) is 11.8 Å². The summed E-state index contributed by atoms with van der Waals surface area (Å²) in [6, 6.07) is 0. The second-order valence-corrected chi connectivity index (χ2v) is 11.0. The van der Waals surface area contributed by atoms with Crippen molar-refractivity contribution in [3.8, 4) is 0 Å². The van der Waals surface area contributed by atoms with Gasteiger partial charge in [0.15, 0.2) is 12.1 Å². The molecular formula is C28H40F4N2O6. The smallest absolute Gasteiger partial charge is 0.393 e. The summed E-state index contributed by atoms with van der Waals surface area (Å²) in [5.74, 6) is -3.23. The molecule has 0 bridgehead atoms. The average molecular weight is 577 g/mol. The molecule has 0 amide bonds. The zero-order valence-electron chi connectivity index (χ0n) is 23.4. The maximum absolute atomic E-state index is 14.5. The number of nitrogens with zero attached hydrogens (tertiary/aromatic N) is 1. The first-order chi connectivity index (χ1) is 18.9. The summed E-state index contributed by atoms with van der Waals surface area (Å²) in [5.41, 5.74) is 0.761. The molecule has 0 aromatic heterocycles. The molecule has 0 radical (unpaired) electrons. The number of halogens is 4. The summed E-state index contributed by atoms with van der Waals surface area (Å²) in [6.45, 7) is 5.70. The van der Waals surface area contributed by atoms with Gasteiger partial charge in [0.1, 0.15) is 24.6 Å². The third kappa shape index (κ3) is 6.41. The molecule has 0 saturated carbocycles. The molecule has 226 valence electrons.